The van der Waals surface area contributed by atoms with E-state index in [4.69, 9.17) is 14.9 Å². The maximum atomic E-state index is 12.7. The fourth-order valence-corrected chi connectivity index (χ4v) is 3.52. The Labute approximate surface area is 203 Å². The summed E-state index contributed by atoms with van der Waals surface area (Å²) < 4.78 is 5.14. The van der Waals surface area contributed by atoms with Gasteiger partial charge in [-0.05, 0) is 45.1 Å². The standard InChI is InChI=1S/C20H28N2O5.C4H4O4/c1-3-27-20(26)16(12-11-15-8-5-4-6-9-15)21-14(2)18(23)22-13-7-10-17(22)19(24)25;5-3(6)1-2-4(7)8/h4-6,8-9,14,16-17,21H,3,7,10-13H2,1-2H3,(H,24,25);1-2H,(H,5,6)(H,7,8)/b;2-1-/t14-,16+,17+;/m1./s1. The molecule has 3 atom stereocenters. The third-order valence-corrected chi connectivity index (χ3v) is 5.15. The first-order valence-electron chi connectivity index (χ1n) is 11.2. The molecule has 1 saturated heterocycles. The number of carboxylic acids is 3. The molecule has 35 heavy (non-hydrogen) atoms. The highest BCUT2D eigenvalue weighted by Gasteiger charge is 2.36. The molecule has 192 valence electrons. The number of aliphatic carboxylic acids is 3. The number of amides is 1. The van der Waals surface area contributed by atoms with Crippen LogP contribution in [0.3, 0.4) is 0 Å². The van der Waals surface area contributed by atoms with Crippen LogP contribution in [0.25, 0.3) is 0 Å². The fraction of sp³-hybridized carbons (Fsp3) is 0.458. The van der Waals surface area contributed by atoms with E-state index < -0.39 is 42.0 Å². The Hall–Kier alpha value is -3.73. The smallest absolute Gasteiger partial charge is 0.328 e. The highest BCUT2D eigenvalue weighted by molar-refractivity contribution is 5.89. The van der Waals surface area contributed by atoms with Crippen molar-refractivity contribution in [3.8, 4) is 0 Å². The summed E-state index contributed by atoms with van der Waals surface area (Å²) in [6, 6.07) is 7.69. The van der Waals surface area contributed by atoms with E-state index in [1.807, 2.05) is 30.3 Å². The third kappa shape index (κ3) is 10.8. The number of carbonyl (C=O) groups is 5. The van der Waals surface area contributed by atoms with Crippen molar-refractivity contribution >= 4 is 29.8 Å². The van der Waals surface area contributed by atoms with E-state index in [2.05, 4.69) is 5.32 Å². The highest BCUT2D eigenvalue weighted by Crippen LogP contribution is 2.19. The van der Waals surface area contributed by atoms with Gasteiger partial charge in [0, 0.05) is 18.7 Å². The zero-order valence-electron chi connectivity index (χ0n) is 19.8. The van der Waals surface area contributed by atoms with E-state index >= 15 is 0 Å². The van der Waals surface area contributed by atoms with Crippen LogP contribution in [0.15, 0.2) is 42.5 Å². The lowest BCUT2D eigenvalue weighted by Crippen LogP contribution is -2.53. The number of aryl methyl sites for hydroxylation is 1. The Kier molecular flexibility index (Phi) is 12.7. The summed E-state index contributed by atoms with van der Waals surface area (Å²) >= 11 is 0. The van der Waals surface area contributed by atoms with Gasteiger partial charge >= 0.3 is 23.9 Å². The lowest BCUT2D eigenvalue weighted by Gasteiger charge is -2.27. The molecular formula is C24H32N2O9. The van der Waals surface area contributed by atoms with Crippen LogP contribution in [0.5, 0.6) is 0 Å². The van der Waals surface area contributed by atoms with Crippen molar-refractivity contribution in [2.24, 2.45) is 0 Å². The molecular weight excluding hydrogens is 460 g/mol. The maximum Gasteiger partial charge on any atom is 0.328 e. The van der Waals surface area contributed by atoms with Crippen LogP contribution >= 0.6 is 0 Å². The first-order chi connectivity index (χ1) is 16.6. The number of esters is 1. The molecule has 4 N–H and O–H groups in total. The molecule has 11 heteroatoms. The summed E-state index contributed by atoms with van der Waals surface area (Å²) in [7, 11) is 0. The van der Waals surface area contributed by atoms with E-state index in [0.29, 0.717) is 44.4 Å². The van der Waals surface area contributed by atoms with Crippen molar-refractivity contribution in [2.45, 2.75) is 57.7 Å². The summed E-state index contributed by atoms with van der Waals surface area (Å²) in [6.07, 6.45) is 3.40. The maximum absolute atomic E-state index is 12.7. The van der Waals surface area contributed by atoms with Crippen LogP contribution in [0.4, 0.5) is 0 Å². The first-order valence-corrected chi connectivity index (χ1v) is 11.2. The fourth-order valence-electron chi connectivity index (χ4n) is 3.52. The zero-order chi connectivity index (χ0) is 26.4. The van der Waals surface area contributed by atoms with Gasteiger partial charge in [0.1, 0.15) is 12.1 Å². The predicted octanol–water partition coefficient (Wildman–Crippen LogP) is 1.32. The van der Waals surface area contributed by atoms with Crippen LogP contribution in [-0.2, 0) is 35.1 Å². The summed E-state index contributed by atoms with van der Waals surface area (Å²) in [5, 5.41) is 27.9. The number of carboxylic acid groups (broad SMARTS) is 3. The second kappa shape index (κ2) is 15.2. The Bertz CT molecular complexity index is 886. The SMILES string of the molecule is CCOC(=O)[C@H](CCc1ccccc1)N[C@H](C)C(=O)N1CCC[C@H]1C(=O)O.O=C(O)/C=C\C(=O)O. The van der Waals surface area contributed by atoms with Gasteiger partial charge in [-0.25, -0.2) is 14.4 Å². The molecule has 1 aromatic rings. The van der Waals surface area contributed by atoms with Crippen molar-refractivity contribution in [1.29, 1.82) is 0 Å². The molecule has 0 aromatic heterocycles. The van der Waals surface area contributed by atoms with E-state index in [0.717, 1.165) is 5.56 Å². The molecule has 0 aliphatic carbocycles. The van der Waals surface area contributed by atoms with Crippen molar-refractivity contribution in [3.63, 3.8) is 0 Å². The number of hydrogen-bond acceptors (Lipinski definition) is 7. The second-order valence-corrected chi connectivity index (χ2v) is 7.75. The minimum atomic E-state index is -1.26. The molecule has 0 unspecified atom stereocenters. The Morgan fingerprint density at radius 3 is 2.20 bits per heavy atom. The van der Waals surface area contributed by atoms with Crippen LogP contribution in [0, 0.1) is 0 Å². The largest absolute Gasteiger partial charge is 0.480 e. The van der Waals surface area contributed by atoms with Gasteiger partial charge < -0.3 is 25.0 Å². The molecule has 0 saturated carbocycles. The van der Waals surface area contributed by atoms with Crippen molar-refractivity contribution in [2.75, 3.05) is 13.2 Å². The van der Waals surface area contributed by atoms with E-state index in [1.54, 1.807) is 13.8 Å². The normalized spacial score (nSPS) is 16.6. The quantitative estimate of drug-likeness (QED) is 0.261. The summed E-state index contributed by atoms with van der Waals surface area (Å²) in [6.45, 7) is 4.09. The van der Waals surface area contributed by atoms with Crippen LogP contribution in [0.2, 0.25) is 0 Å². The molecule has 1 aliphatic rings. The average Bonchev–Trinajstić information content (AvgIpc) is 3.31. The molecule has 1 aliphatic heterocycles. The van der Waals surface area contributed by atoms with Gasteiger partial charge in [0.15, 0.2) is 0 Å². The van der Waals surface area contributed by atoms with Gasteiger partial charge in [0.25, 0.3) is 0 Å². The summed E-state index contributed by atoms with van der Waals surface area (Å²) in [5.74, 6) is -4.20. The molecule has 1 heterocycles. The van der Waals surface area contributed by atoms with Crippen LogP contribution < -0.4 is 5.32 Å². The Morgan fingerprint density at radius 1 is 1.09 bits per heavy atom. The number of hydrogen-bond donors (Lipinski definition) is 4. The topological polar surface area (TPSA) is 171 Å². The molecule has 11 nitrogen and oxygen atoms in total. The van der Waals surface area contributed by atoms with Gasteiger partial charge in [-0.15, -0.1) is 0 Å². The second-order valence-electron chi connectivity index (χ2n) is 7.75. The predicted molar refractivity (Wildman–Crippen MR) is 125 cm³/mol. The van der Waals surface area contributed by atoms with Crippen molar-refractivity contribution in [1.82, 2.24) is 10.2 Å². The monoisotopic (exact) mass is 492 g/mol. The minimum Gasteiger partial charge on any atom is -0.480 e. The van der Waals surface area contributed by atoms with E-state index in [1.165, 1.54) is 4.90 Å². The summed E-state index contributed by atoms with van der Waals surface area (Å²) in [4.78, 5) is 56.8. The molecule has 1 fully saturated rings. The molecule has 1 amide bonds. The number of ether oxygens (including phenoxy) is 1. The third-order valence-electron chi connectivity index (χ3n) is 5.15. The van der Waals surface area contributed by atoms with Crippen molar-refractivity contribution < 1.29 is 44.0 Å². The minimum absolute atomic E-state index is 0.262. The number of likely N-dealkylation sites (tertiary alicyclic amines) is 1. The van der Waals surface area contributed by atoms with Gasteiger partial charge in [0.05, 0.1) is 12.6 Å². The lowest BCUT2D eigenvalue weighted by molar-refractivity contribution is -0.150. The molecule has 0 bridgehead atoms. The van der Waals surface area contributed by atoms with Gasteiger partial charge in [0.2, 0.25) is 5.91 Å². The molecule has 0 spiro atoms. The molecule has 1 aromatic carbocycles. The lowest BCUT2D eigenvalue weighted by atomic mass is 10.0. The number of benzene rings is 1. The average molecular weight is 493 g/mol. The number of carbonyl (C=O) groups excluding carboxylic acids is 2. The van der Waals surface area contributed by atoms with Gasteiger partial charge in [-0.1, -0.05) is 30.3 Å². The highest BCUT2D eigenvalue weighted by atomic mass is 16.5. The number of nitrogens with zero attached hydrogens (tertiary/aromatic N) is 1. The van der Waals surface area contributed by atoms with Gasteiger partial charge in [-0.3, -0.25) is 14.9 Å². The van der Waals surface area contributed by atoms with Crippen LogP contribution in [-0.4, -0.2) is 81.3 Å². The van der Waals surface area contributed by atoms with E-state index in [9.17, 15) is 29.1 Å². The van der Waals surface area contributed by atoms with Crippen molar-refractivity contribution in [3.05, 3.63) is 48.0 Å². The first kappa shape index (κ1) is 29.3. The molecule has 0 radical (unpaired) electrons. The molecule has 2 rings (SSSR count). The summed E-state index contributed by atoms with van der Waals surface area (Å²) in [5.41, 5.74) is 1.10. The Balaban J connectivity index is 0.000000658. The van der Waals surface area contributed by atoms with Gasteiger partial charge in [-0.2, -0.15) is 0 Å². The number of nitrogens with one attached hydrogen (secondary N) is 1. The number of rotatable bonds is 11. The van der Waals surface area contributed by atoms with Crippen LogP contribution in [0.1, 0.15) is 38.7 Å². The Morgan fingerprint density at radius 2 is 1.69 bits per heavy atom. The zero-order valence-corrected chi connectivity index (χ0v) is 19.8. The van der Waals surface area contributed by atoms with E-state index in [-0.39, 0.29) is 12.5 Å².